The number of aryl methyl sites for hydroxylation is 1. The number of sulfonamides is 1. The largest absolute Gasteiger partial charge is 0.484 e. The van der Waals surface area contributed by atoms with Gasteiger partial charge in [-0.2, -0.15) is 4.31 Å². The first kappa shape index (κ1) is 26.6. The second kappa shape index (κ2) is 11.3. The highest BCUT2D eigenvalue weighted by atomic mass is 32.2. The standard InChI is InChI=1S/C26H31N3O7S/c1-4-29(5-2)37(32,33)20-7-9-23(28-10-12-34-13-11-28)22(16-20)27-25(30)17-35-19-6-8-21-18(3)14-26(31)36-24(21)15-19/h6-9,14-16H,4-5,10-13,17H2,1-3H3,(H,27,30). The van der Waals surface area contributed by atoms with Gasteiger partial charge in [-0.1, -0.05) is 13.8 Å². The molecule has 0 unspecified atom stereocenters. The molecule has 2 aromatic carbocycles. The molecule has 0 atom stereocenters. The van der Waals surface area contributed by atoms with Crippen LogP contribution in [-0.2, 0) is 19.6 Å². The zero-order chi connectivity index (χ0) is 26.6. The Morgan fingerprint density at radius 2 is 1.81 bits per heavy atom. The van der Waals surface area contributed by atoms with Crippen molar-refractivity contribution >= 4 is 38.3 Å². The molecule has 1 aromatic heterocycles. The highest BCUT2D eigenvalue weighted by Gasteiger charge is 2.25. The Hall–Kier alpha value is -3.41. The van der Waals surface area contributed by atoms with Crippen molar-refractivity contribution in [3.05, 3.63) is 58.4 Å². The third kappa shape index (κ3) is 5.95. The van der Waals surface area contributed by atoms with E-state index >= 15 is 0 Å². The molecular weight excluding hydrogens is 498 g/mol. The van der Waals surface area contributed by atoms with Gasteiger partial charge in [-0.05, 0) is 42.8 Å². The van der Waals surface area contributed by atoms with Crippen LogP contribution in [0.25, 0.3) is 11.0 Å². The lowest BCUT2D eigenvalue weighted by Gasteiger charge is -2.31. The monoisotopic (exact) mass is 529 g/mol. The van der Waals surface area contributed by atoms with Crippen molar-refractivity contribution < 1.29 is 27.1 Å². The summed E-state index contributed by atoms with van der Waals surface area (Å²) in [6, 6.07) is 11.2. The second-order valence-corrected chi connectivity index (χ2v) is 10.5. The molecule has 1 aliphatic rings. The number of benzene rings is 2. The van der Waals surface area contributed by atoms with Crippen LogP contribution in [0.5, 0.6) is 5.75 Å². The van der Waals surface area contributed by atoms with E-state index in [2.05, 4.69) is 5.32 Å². The number of nitrogens with zero attached hydrogens (tertiary/aromatic N) is 2. The normalized spacial score (nSPS) is 14.2. The van der Waals surface area contributed by atoms with Gasteiger partial charge in [0, 0.05) is 43.7 Å². The molecule has 1 fully saturated rings. The molecule has 37 heavy (non-hydrogen) atoms. The van der Waals surface area contributed by atoms with Gasteiger partial charge in [0.1, 0.15) is 11.3 Å². The van der Waals surface area contributed by atoms with E-state index in [-0.39, 0.29) is 11.5 Å². The molecule has 11 heteroatoms. The van der Waals surface area contributed by atoms with E-state index in [0.717, 1.165) is 10.9 Å². The van der Waals surface area contributed by atoms with Crippen molar-refractivity contribution in [1.29, 1.82) is 0 Å². The minimum Gasteiger partial charge on any atom is -0.484 e. The molecule has 3 aromatic rings. The zero-order valence-electron chi connectivity index (χ0n) is 21.2. The van der Waals surface area contributed by atoms with Crippen LogP contribution in [0.1, 0.15) is 19.4 Å². The van der Waals surface area contributed by atoms with Crippen LogP contribution in [-0.4, -0.2) is 64.6 Å². The lowest BCUT2D eigenvalue weighted by Crippen LogP contribution is -2.37. The molecule has 1 amide bonds. The van der Waals surface area contributed by atoms with E-state index in [0.29, 0.717) is 62.1 Å². The quantitative estimate of drug-likeness (QED) is 0.421. The molecule has 4 rings (SSSR count). The van der Waals surface area contributed by atoms with Crippen LogP contribution < -0.4 is 20.6 Å². The average Bonchev–Trinajstić information content (AvgIpc) is 2.88. The Balaban J connectivity index is 1.56. The molecule has 0 saturated carbocycles. The number of rotatable bonds is 9. The summed E-state index contributed by atoms with van der Waals surface area (Å²) in [7, 11) is -3.72. The molecule has 1 saturated heterocycles. The van der Waals surface area contributed by atoms with Crippen LogP contribution in [0.15, 0.2) is 56.6 Å². The maximum atomic E-state index is 13.1. The molecule has 0 bridgehead atoms. The maximum absolute atomic E-state index is 13.1. The molecule has 0 aliphatic carbocycles. The van der Waals surface area contributed by atoms with Crippen molar-refractivity contribution in [2.24, 2.45) is 0 Å². The van der Waals surface area contributed by atoms with E-state index in [9.17, 15) is 18.0 Å². The van der Waals surface area contributed by atoms with Gasteiger partial charge < -0.3 is 24.1 Å². The van der Waals surface area contributed by atoms with Gasteiger partial charge in [0.2, 0.25) is 10.0 Å². The number of carbonyl (C=O) groups is 1. The molecule has 0 radical (unpaired) electrons. The predicted molar refractivity (Wildman–Crippen MR) is 141 cm³/mol. The summed E-state index contributed by atoms with van der Waals surface area (Å²) in [6.45, 7) is 8.03. The molecule has 2 heterocycles. The van der Waals surface area contributed by atoms with Gasteiger partial charge in [0.25, 0.3) is 5.91 Å². The van der Waals surface area contributed by atoms with Crippen molar-refractivity contribution in [2.75, 3.05) is 56.2 Å². The van der Waals surface area contributed by atoms with E-state index in [4.69, 9.17) is 13.9 Å². The second-order valence-electron chi connectivity index (χ2n) is 8.61. The first-order valence-electron chi connectivity index (χ1n) is 12.2. The number of hydrogen-bond acceptors (Lipinski definition) is 8. The fraction of sp³-hybridized carbons (Fsp3) is 0.385. The van der Waals surface area contributed by atoms with Gasteiger partial charge in [0.05, 0.1) is 29.5 Å². The topological polar surface area (TPSA) is 118 Å². The summed E-state index contributed by atoms with van der Waals surface area (Å²) < 4.78 is 43.9. The fourth-order valence-corrected chi connectivity index (χ4v) is 5.78. The van der Waals surface area contributed by atoms with Crippen LogP contribution in [0, 0.1) is 6.92 Å². The smallest absolute Gasteiger partial charge is 0.336 e. The number of nitrogens with one attached hydrogen (secondary N) is 1. The number of fused-ring (bicyclic) bond motifs is 1. The molecule has 0 spiro atoms. The fourth-order valence-electron chi connectivity index (χ4n) is 4.30. The Labute approximate surface area is 215 Å². The van der Waals surface area contributed by atoms with Crippen molar-refractivity contribution in [2.45, 2.75) is 25.7 Å². The van der Waals surface area contributed by atoms with Crippen LogP contribution >= 0.6 is 0 Å². The highest BCUT2D eigenvalue weighted by Crippen LogP contribution is 2.31. The van der Waals surface area contributed by atoms with E-state index in [1.807, 2.05) is 11.8 Å². The Kier molecular flexibility index (Phi) is 8.16. The third-order valence-electron chi connectivity index (χ3n) is 6.23. The number of amides is 1. The van der Waals surface area contributed by atoms with Gasteiger partial charge in [-0.25, -0.2) is 13.2 Å². The molecular formula is C26H31N3O7S. The van der Waals surface area contributed by atoms with Crippen molar-refractivity contribution in [1.82, 2.24) is 4.31 Å². The van der Waals surface area contributed by atoms with E-state index < -0.39 is 21.6 Å². The molecule has 198 valence electrons. The number of hydrogen-bond donors (Lipinski definition) is 1. The van der Waals surface area contributed by atoms with Crippen LogP contribution in [0.4, 0.5) is 11.4 Å². The summed E-state index contributed by atoms with van der Waals surface area (Å²) in [5.74, 6) is -0.0969. The van der Waals surface area contributed by atoms with E-state index in [1.165, 1.54) is 16.4 Å². The SMILES string of the molecule is CCN(CC)S(=O)(=O)c1ccc(N2CCOCC2)c(NC(=O)COc2ccc3c(C)cc(=O)oc3c2)c1. The maximum Gasteiger partial charge on any atom is 0.336 e. The average molecular weight is 530 g/mol. The van der Waals surface area contributed by atoms with Crippen LogP contribution in [0.3, 0.4) is 0 Å². The van der Waals surface area contributed by atoms with Crippen LogP contribution in [0.2, 0.25) is 0 Å². The zero-order valence-corrected chi connectivity index (χ0v) is 22.0. The van der Waals surface area contributed by atoms with Crippen molar-refractivity contribution in [3.8, 4) is 5.75 Å². The predicted octanol–water partition coefficient (Wildman–Crippen LogP) is 2.99. The lowest BCUT2D eigenvalue weighted by molar-refractivity contribution is -0.118. The number of anilines is 2. The number of carbonyl (C=O) groups excluding carboxylic acids is 1. The first-order chi connectivity index (χ1) is 17.7. The third-order valence-corrected chi connectivity index (χ3v) is 8.28. The number of ether oxygens (including phenoxy) is 2. The highest BCUT2D eigenvalue weighted by molar-refractivity contribution is 7.89. The van der Waals surface area contributed by atoms with Crippen molar-refractivity contribution in [3.63, 3.8) is 0 Å². The van der Waals surface area contributed by atoms with Gasteiger partial charge >= 0.3 is 5.63 Å². The van der Waals surface area contributed by atoms with Gasteiger partial charge in [-0.15, -0.1) is 0 Å². The van der Waals surface area contributed by atoms with E-state index in [1.54, 1.807) is 44.2 Å². The Morgan fingerprint density at radius 3 is 2.51 bits per heavy atom. The summed E-state index contributed by atoms with van der Waals surface area (Å²) in [4.78, 5) is 26.7. The molecule has 10 nitrogen and oxygen atoms in total. The summed E-state index contributed by atoms with van der Waals surface area (Å²) in [5, 5.41) is 3.59. The first-order valence-corrected chi connectivity index (χ1v) is 13.6. The summed E-state index contributed by atoms with van der Waals surface area (Å²) >= 11 is 0. The summed E-state index contributed by atoms with van der Waals surface area (Å²) in [5.41, 5.74) is 1.77. The minimum atomic E-state index is -3.72. The Bertz CT molecular complexity index is 1440. The van der Waals surface area contributed by atoms with Gasteiger partial charge in [0.15, 0.2) is 6.61 Å². The number of morpholine rings is 1. The summed E-state index contributed by atoms with van der Waals surface area (Å²) in [6.07, 6.45) is 0. The van der Waals surface area contributed by atoms with Gasteiger partial charge in [-0.3, -0.25) is 4.79 Å². The molecule has 1 N–H and O–H groups in total. The Morgan fingerprint density at radius 1 is 1.08 bits per heavy atom. The minimum absolute atomic E-state index is 0.101. The molecule has 1 aliphatic heterocycles. The lowest BCUT2D eigenvalue weighted by atomic mass is 10.1.